The van der Waals surface area contributed by atoms with Crippen molar-refractivity contribution in [2.24, 2.45) is 0 Å². The molecule has 0 spiro atoms. The Kier molecular flexibility index (Phi) is 3.65. The van der Waals surface area contributed by atoms with Gasteiger partial charge in [0.25, 0.3) is 0 Å². The summed E-state index contributed by atoms with van der Waals surface area (Å²) < 4.78 is 12.1. The van der Waals surface area contributed by atoms with E-state index < -0.39 is 0 Å². The molecule has 0 N–H and O–H groups in total. The molecule has 0 atom stereocenters. The maximum atomic E-state index is 6.05. The van der Waals surface area contributed by atoms with Gasteiger partial charge >= 0.3 is 7.12 Å². The monoisotopic (exact) mass is 244 g/mol. The Balaban J connectivity index is 2.20. The molecule has 1 saturated heterocycles. The van der Waals surface area contributed by atoms with Gasteiger partial charge in [-0.1, -0.05) is 42.5 Å². The van der Waals surface area contributed by atoms with Crippen LogP contribution in [0.15, 0.2) is 48.0 Å². The first-order valence-corrected chi connectivity index (χ1v) is 6.48. The van der Waals surface area contributed by atoms with Crippen molar-refractivity contribution in [2.75, 3.05) is 0 Å². The number of hydrogen-bond donors (Lipinski definition) is 0. The van der Waals surface area contributed by atoms with Crippen LogP contribution in [0.1, 0.15) is 34.1 Å². The summed E-state index contributed by atoms with van der Waals surface area (Å²) in [6.07, 6.45) is 15.3. The molecule has 96 valence electrons. The minimum atomic E-state index is -0.281. The van der Waals surface area contributed by atoms with E-state index in [1.165, 1.54) is 0 Å². The molecule has 0 saturated carbocycles. The average Bonchev–Trinajstić information content (AvgIpc) is 2.56. The van der Waals surface area contributed by atoms with Gasteiger partial charge < -0.3 is 9.31 Å². The molecule has 0 aromatic rings. The van der Waals surface area contributed by atoms with Crippen LogP contribution in [0.4, 0.5) is 0 Å². The van der Waals surface area contributed by atoms with Gasteiger partial charge in [-0.25, -0.2) is 0 Å². The zero-order valence-corrected chi connectivity index (χ0v) is 11.6. The summed E-state index contributed by atoms with van der Waals surface area (Å²) in [7, 11) is -0.272. The van der Waals surface area contributed by atoms with E-state index in [1.54, 1.807) is 0 Å². The minimum Gasteiger partial charge on any atom is -0.399 e. The van der Waals surface area contributed by atoms with Crippen LogP contribution in [-0.4, -0.2) is 18.3 Å². The molecular weight excluding hydrogens is 223 g/mol. The summed E-state index contributed by atoms with van der Waals surface area (Å²) in [4.78, 5) is 0. The molecule has 1 fully saturated rings. The summed E-state index contributed by atoms with van der Waals surface area (Å²) in [5.41, 5.74) is 0.525. The molecule has 0 bridgehead atoms. The Morgan fingerprint density at radius 2 is 1.56 bits per heavy atom. The molecule has 0 aromatic carbocycles. The quantitative estimate of drug-likeness (QED) is 0.656. The molecular formula is C15H21BO2. The lowest BCUT2D eigenvalue weighted by Crippen LogP contribution is -2.41. The van der Waals surface area contributed by atoms with E-state index >= 15 is 0 Å². The van der Waals surface area contributed by atoms with Gasteiger partial charge in [0.15, 0.2) is 0 Å². The molecule has 1 aliphatic heterocycles. The second-order valence-electron chi connectivity index (χ2n) is 5.70. The molecule has 1 aliphatic carbocycles. The third-order valence-electron chi connectivity index (χ3n) is 3.77. The zero-order valence-electron chi connectivity index (χ0n) is 11.6. The molecule has 2 rings (SSSR count). The Morgan fingerprint density at radius 3 is 2.22 bits per heavy atom. The summed E-state index contributed by atoms with van der Waals surface area (Å²) in [6.45, 7) is 8.30. The third-order valence-corrected chi connectivity index (χ3v) is 3.77. The van der Waals surface area contributed by atoms with E-state index in [0.29, 0.717) is 0 Å². The van der Waals surface area contributed by atoms with Gasteiger partial charge in [-0.2, -0.15) is 0 Å². The van der Waals surface area contributed by atoms with E-state index in [2.05, 4.69) is 45.9 Å². The Hall–Kier alpha value is -1.06. The predicted octanol–water partition coefficient (Wildman–Crippen LogP) is 3.62. The van der Waals surface area contributed by atoms with E-state index in [0.717, 1.165) is 11.9 Å². The molecule has 1 heterocycles. The van der Waals surface area contributed by atoms with E-state index in [4.69, 9.17) is 9.31 Å². The summed E-state index contributed by atoms with van der Waals surface area (Å²) in [6, 6.07) is 0. The lowest BCUT2D eigenvalue weighted by molar-refractivity contribution is 0.00578. The van der Waals surface area contributed by atoms with Crippen LogP contribution >= 0.6 is 0 Å². The van der Waals surface area contributed by atoms with E-state index in [1.807, 2.05) is 24.3 Å². The standard InChI is InChI=1S/C15H21BO2/c1-14(2)15(3,4)18-16(17-14)13-11-9-7-5-6-8-10-12-13/h5-9,11-12H,10H2,1-4H3/b7-5-,8-6-,11-9-,13-12+. The number of rotatable bonds is 1. The van der Waals surface area contributed by atoms with E-state index in [-0.39, 0.29) is 18.3 Å². The highest BCUT2D eigenvalue weighted by molar-refractivity contribution is 6.55. The highest BCUT2D eigenvalue weighted by Gasteiger charge is 2.51. The topological polar surface area (TPSA) is 18.5 Å². The lowest BCUT2D eigenvalue weighted by Gasteiger charge is -2.32. The van der Waals surface area contributed by atoms with Gasteiger partial charge in [0.2, 0.25) is 0 Å². The highest BCUT2D eigenvalue weighted by Crippen LogP contribution is 2.38. The number of hydrogen-bond acceptors (Lipinski definition) is 2. The SMILES string of the molecule is CC1(C)OB(C2=C\C\C=C/C=C\C=C/2)OC1(C)C. The molecule has 18 heavy (non-hydrogen) atoms. The summed E-state index contributed by atoms with van der Waals surface area (Å²) in [5.74, 6) is 0. The molecule has 0 amide bonds. The van der Waals surface area contributed by atoms with Gasteiger partial charge in [0.1, 0.15) is 0 Å². The van der Waals surface area contributed by atoms with Crippen molar-refractivity contribution in [1.82, 2.24) is 0 Å². The highest BCUT2D eigenvalue weighted by atomic mass is 16.7. The molecule has 2 nitrogen and oxygen atoms in total. The van der Waals surface area contributed by atoms with Crippen molar-refractivity contribution in [3.8, 4) is 0 Å². The van der Waals surface area contributed by atoms with Crippen LogP contribution in [0, 0.1) is 0 Å². The van der Waals surface area contributed by atoms with Gasteiger partial charge in [-0.05, 0) is 39.6 Å². The lowest BCUT2D eigenvalue weighted by atomic mass is 9.77. The molecule has 0 aromatic heterocycles. The fraction of sp³-hybridized carbons (Fsp3) is 0.467. The van der Waals surface area contributed by atoms with Crippen molar-refractivity contribution >= 4 is 7.12 Å². The fourth-order valence-corrected chi connectivity index (χ4v) is 1.88. The van der Waals surface area contributed by atoms with Crippen molar-refractivity contribution in [3.63, 3.8) is 0 Å². The van der Waals surface area contributed by atoms with Crippen LogP contribution in [0.3, 0.4) is 0 Å². The molecule has 3 heteroatoms. The second-order valence-corrected chi connectivity index (χ2v) is 5.70. The van der Waals surface area contributed by atoms with Crippen LogP contribution < -0.4 is 0 Å². The molecule has 2 aliphatic rings. The first kappa shape index (κ1) is 13.4. The van der Waals surface area contributed by atoms with Gasteiger partial charge in [0.05, 0.1) is 11.2 Å². The van der Waals surface area contributed by atoms with Crippen molar-refractivity contribution in [1.29, 1.82) is 0 Å². The minimum absolute atomic E-state index is 0.272. The van der Waals surface area contributed by atoms with Gasteiger partial charge in [-0.3, -0.25) is 0 Å². The molecule has 0 unspecified atom stereocenters. The first-order chi connectivity index (χ1) is 8.42. The van der Waals surface area contributed by atoms with Gasteiger partial charge in [0, 0.05) is 0 Å². The Bertz CT molecular complexity index is 412. The fourth-order valence-electron chi connectivity index (χ4n) is 1.88. The normalized spacial score (nSPS) is 33.8. The summed E-state index contributed by atoms with van der Waals surface area (Å²) in [5, 5.41) is 0. The van der Waals surface area contributed by atoms with Crippen LogP contribution in [-0.2, 0) is 9.31 Å². The maximum absolute atomic E-state index is 6.05. The largest absolute Gasteiger partial charge is 0.494 e. The van der Waals surface area contributed by atoms with E-state index in [9.17, 15) is 0 Å². The van der Waals surface area contributed by atoms with Crippen LogP contribution in [0.5, 0.6) is 0 Å². The second kappa shape index (κ2) is 4.91. The Morgan fingerprint density at radius 1 is 0.944 bits per heavy atom. The Labute approximate surface area is 110 Å². The average molecular weight is 244 g/mol. The van der Waals surface area contributed by atoms with Crippen molar-refractivity contribution in [2.45, 2.75) is 45.3 Å². The predicted molar refractivity (Wildman–Crippen MR) is 76.2 cm³/mol. The third kappa shape index (κ3) is 2.68. The molecule has 0 radical (unpaired) electrons. The van der Waals surface area contributed by atoms with Crippen molar-refractivity contribution < 1.29 is 9.31 Å². The summed E-state index contributed by atoms with van der Waals surface area (Å²) >= 11 is 0. The smallest absolute Gasteiger partial charge is 0.399 e. The maximum Gasteiger partial charge on any atom is 0.494 e. The van der Waals surface area contributed by atoms with Crippen molar-refractivity contribution in [3.05, 3.63) is 48.0 Å². The number of allylic oxidation sites excluding steroid dienone is 8. The van der Waals surface area contributed by atoms with Crippen LogP contribution in [0.2, 0.25) is 0 Å². The van der Waals surface area contributed by atoms with Gasteiger partial charge in [-0.15, -0.1) is 0 Å². The zero-order chi connectivity index (χ0) is 13.2. The first-order valence-electron chi connectivity index (χ1n) is 6.48. The van der Waals surface area contributed by atoms with Crippen LogP contribution in [0.25, 0.3) is 0 Å².